The minimum absolute atomic E-state index is 0.0817. The zero-order valence-electron chi connectivity index (χ0n) is 15.1. The average molecular weight is 392 g/mol. The predicted molar refractivity (Wildman–Crippen MR) is 101 cm³/mol. The first-order valence-corrected chi connectivity index (χ1v) is 10.2. The summed E-state index contributed by atoms with van der Waals surface area (Å²) in [4.78, 5) is 12.7. The Kier molecular flexibility index (Phi) is 5.36. The average Bonchev–Trinajstić information content (AvgIpc) is 2.67. The van der Waals surface area contributed by atoms with Gasteiger partial charge in [-0.2, -0.15) is 0 Å². The Bertz CT molecular complexity index is 931. The number of rotatable bonds is 5. The van der Waals surface area contributed by atoms with Gasteiger partial charge in [0.15, 0.2) is 6.10 Å². The molecule has 1 heterocycles. The highest BCUT2D eigenvalue weighted by Crippen LogP contribution is 2.35. The molecule has 0 aromatic heterocycles. The Morgan fingerprint density at radius 2 is 1.93 bits per heavy atom. The predicted octanol–water partition coefficient (Wildman–Crippen LogP) is 2.62. The smallest absolute Gasteiger partial charge is 0.263 e. The second-order valence-electron chi connectivity index (χ2n) is 6.29. The van der Waals surface area contributed by atoms with Crippen LogP contribution in [0.15, 0.2) is 48.5 Å². The van der Waals surface area contributed by atoms with Crippen LogP contribution < -0.4 is 14.4 Å². The quantitative estimate of drug-likeness (QED) is 0.849. The number of carbonyl (C=O) groups excluding carboxylic acids is 1. The van der Waals surface area contributed by atoms with Crippen molar-refractivity contribution in [2.24, 2.45) is 0 Å². The molecule has 0 radical (unpaired) electrons. The molecule has 0 unspecified atom stereocenters. The van der Waals surface area contributed by atoms with Gasteiger partial charge in [0, 0.05) is 0 Å². The van der Waals surface area contributed by atoms with Crippen molar-refractivity contribution in [2.45, 2.75) is 26.0 Å². The summed E-state index contributed by atoms with van der Waals surface area (Å²) in [6.45, 7) is 3.22. The van der Waals surface area contributed by atoms with Gasteiger partial charge in [-0.15, -0.1) is 0 Å². The van der Waals surface area contributed by atoms with Crippen molar-refractivity contribution < 1.29 is 22.3 Å². The molecule has 144 valence electrons. The Morgan fingerprint density at radius 1 is 1.26 bits per heavy atom. The third kappa shape index (κ3) is 4.05. The molecular formula is C19H21FN2O4S. The molecule has 0 spiro atoms. The Balaban J connectivity index is 1.80. The number of halogens is 1. The highest BCUT2D eigenvalue weighted by atomic mass is 32.2. The fourth-order valence-corrected chi connectivity index (χ4v) is 4.02. The molecule has 3 rings (SSSR count). The lowest BCUT2D eigenvalue weighted by atomic mass is 10.1. The number of anilines is 1. The lowest BCUT2D eigenvalue weighted by Gasteiger charge is -2.35. The number of hydrogen-bond acceptors (Lipinski definition) is 4. The number of nitrogens with zero attached hydrogens (tertiary/aromatic N) is 1. The maximum atomic E-state index is 13.1. The third-order valence-electron chi connectivity index (χ3n) is 4.46. The van der Waals surface area contributed by atoms with Crippen molar-refractivity contribution in [1.29, 1.82) is 0 Å². The maximum Gasteiger partial charge on any atom is 0.263 e. The number of sulfonamides is 1. The molecule has 2 aromatic rings. The minimum Gasteiger partial charge on any atom is -0.476 e. The van der Waals surface area contributed by atoms with E-state index < -0.39 is 22.0 Å². The van der Waals surface area contributed by atoms with E-state index in [1.165, 1.54) is 16.4 Å². The monoisotopic (exact) mass is 392 g/mol. The first kappa shape index (κ1) is 19.2. The van der Waals surface area contributed by atoms with Gasteiger partial charge in [-0.3, -0.25) is 9.10 Å². The van der Waals surface area contributed by atoms with E-state index in [-0.39, 0.29) is 24.2 Å². The van der Waals surface area contributed by atoms with Crippen molar-refractivity contribution in [1.82, 2.24) is 5.32 Å². The number of benzene rings is 2. The van der Waals surface area contributed by atoms with Crippen LogP contribution in [0.1, 0.15) is 25.5 Å². The number of hydrogen-bond donors (Lipinski definition) is 1. The fourth-order valence-electron chi connectivity index (χ4n) is 2.90. The number of para-hydroxylation sites is 2. The Labute approximate surface area is 158 Å². The van der Waals surface area contributed by atoms with Crippen LogP contribution in [0.5, 0.6) is 5.75 Å². The molecule has 0 fully saturated rings. The topological polar surface area (TPSA) is 75.7 Å². The molecule has 6 nitrogen and oxygen atoms in total. The van der Waals surface area contributed by atoms with Crippen molar-refractivity contribution in [3.63, 3.8) is 0 Å². The Hall–Kier alpha value is -2.61. The van der Waals surface area contributed by atoms with E-state index in [1.54, 1.807) is 50.2 Å². The molecule has 1 amide bonds. The van der Waals surface area contributed by atoms with E-state index in [9.17, 15) is 17.6 Å². The van der Waals surface area contributed by atoms with Crippen LogP contribution in [-0.4, -0.2) is 32.7 Å². The zero-order valence-corrected chi connectivity index (χ0v) is 15.9. The molecule has 0 saturated heterocycles. The molecular weight excluding hydrogens is 371 g/mol. The number of ether oxygens (including phenoxy) is 1. The Morgan fingerprint density at radius 3 is 2.59 bits per heavy atom. The highest BCUT2D eigenvalue weighted by Gasteiger charge is 2.36. The van der Waals surface area contributed by atoms with E-state index >= 15 is 0 Å². The molecule has 0 saturated carbocycles. The minimum atomic E-state index is -3.55. The summed E-state index contributed by atoms with van der Waals surface area (Å²) in [7, 11) is -3.55. The summed E-state index contributed by atoms with van der Waals surface area (Å²) in [5, 5.41) is 2.80. The van der Waals surface area contributed by atoms with Gasteiger partial charge >= 0.3 is 0 Å². The van der Waals surface area contributed by atoms with E-state index in [0.717, 1.165) is 5.56 Å². The van der Waals surface area contributed by atoms with Gasteiger partial charge in [0.05, 0.1) is 24.0 Å². The molecule has 2 atom stereocenters. The van der Waals surface area contributed by atoms with Gasteiger partial charge in [-0.05, 0) is 43.7 Å². The van der Waals surface area contributed by atoms with Gasteiger partial charge in [-0.1, -0.05) is 24.3 Å². The van der Waals surface area contributed by atoms with Gasteiger partial charge in [0.2, 0.25) is 10.0 Å². The number of carbonyl (C=O) groups is 1. The lowest BCUT2D eigenvalue weighted by molar-refractivity contribution is -0.128. The second-order valence-corrected chi connectivity index (χ2v) is 8.47. The zero-order chi connectivity index (χ0) is 19.6. The van der Waals surface area contributed by atoms with Crippen molar-refractivity contribution in [2.75, 3.05) is 16.6 Å². The van der Waals surface area contributed by atoms with Crippen molar-refractivity contribution in [3.05, 3.63) is 59.9 Å². The number of fused-ring (bicyclic) bond motifs is 1. The SMILES string of the molecule is CCS(=O)(=O)N1C[C@@H](C(=O)N[C@H](C)c2ccc(F)cc2)Oc2ccccc21. The van der Waals surface area contributed by atoms with Crippen LogP contribution in [0, 0.1) is 5.82 Å². The number of nitrogens with one attached hydrogen (secondary N) is 1. The maximum absolute atomic E-state index is 13.1. The first-order valence-electron chi connectivity index (χ1n) is 8.63. The molecule has 0 aliphatic carbocycles. The van der Waals surface area contributed by atoms with E-state index in [4.69, 9.17) is 4.74 Å². The summed E-state index contributed by atoms with van der Waals surface area (Å²) in [5.74, 6) is -0.528. The summed E-state index contributed by atoms with van der Waals surface area (Å²) < 4.78 is 45.0. The van der Waals surface area contributed by atoms with Gasteiger partial charge in [0.1, 0.15) is 11.6 Å². The summed E-state index contributed by atoms with van der Waals surface area (Å²) in [5.41, 5.74) is 1.16. The van der Waals surface area contributed by atoms with Crippen LogP contribution >= 0.6 is 0 Å². The fraction of sp³-hybridized carbons (Fsp3) is 0.316. The first-order chi connectivity index (χ1) is 12.8. The summed E-state index contributed by atoms with van der Waals surface area (Å²) >= 11 is 0. The van der Waals surface area contributed by atoms with Gasteiger partial charge < -0.3 is 10.1 Å². The molecule has 1 aliphatic heterocycles. The summed E-state index contributed by atoms with van der Waals surface area (Å²) in [6, 6.07) is 12.2. The lowest BCUT2D eigenvalue weighted by Crippen LogP contribution is -2.51. The van der Waals surface area contributed by atoms with Gasteiger partial charge in [0.25, 0.3) is 5.91 Å². The van der Waals surface area contributed by atoms with Crippen LogP contribution in [0.2, 0.25) is 0 Å². The summed E-state index contributed by atoms with van der Waals surface area (Å²) in [6.07, 6.45) is -0.982. The van der Waals surface area contributed by atoms with Crippen molar-refractivity contribution in [3.8, 4) is 5.75 Å². The van der Waals surface area contributed by atoms with Crippen LogP contribution in [0.4, 0.5) is 10.1 Å². The largest absolute Gasteiger partial charge is 0.476 e. The molecule has 1 aliphatic rings. The van der Waals surface area contributed by atoms with Crippen LogP contribution in [-0.2, 0) is 14.8 Å². The highest BCUT2D eigenvalue weighted by molar-refractivity contribution is 7.92. The second kappa shape index (κ2) is 7.56. The van der Waals surface area contributed by atoms with E-state index in [2.05, 4.69) is 5.32 Å². The molecule has 27 heavy (non-hydrogen) atoms. The normalized spacial score (nSPS) is 17.6. The molecule has 8 heteroatoms. The molecule has 1 N–H and O–H groups in total. The van der Waals surface area contributed by atoms with Gasteiger partial charge in [-0.25, -0.2) is 12.8 Å². The van der Waals surface area contributed by atoms with Crippen LogP contribution in [0.3, 0.4) is 0 Å². The van der Waals surface area contributed by atoms with Crippen LogP contribution in [0.25, 0.3) is 0 Å². The molecule has 0 bridgehead atoms. The third-order valence-corrected chi connectivity index (χ3v) is 6.20. The molecule has 2 aromatic carbocycles. The van der Waals surface area contributed by atoms with E-state index in [0.29, 0.717) is 11.4 Å². The number of amides is 1. The van der Waals surface area contributed by atoms with E-state index in [1.807, 2.05) is 0 Å². The van der Waals surface area contributed by atoms with Crippen molar-refractivity contribution >= 4 is 21.6 Å². The standard InChI is InChI=1S/C19H21FN2O4S/c1-3-27(24,25)22-12-18(26-17-7-5-4-6-16(17)22)19(23)21-13(2)14-8-10-15(20)11-9-14/h4-11,13,18H,3,12H2,1-2H3,(H,21,23)/t13-,18+/m1/s1.